The average molecular weight is 207 g/mol. The number of nitrogen functional groups attached to an aromatic ring is 1. The van der Waals surface area contributed by atoms with E-state index in [1.165, 1.54) is 12.3 Å². The highest BCUT2D eigenvalue weighted by molar-refractivity contribution is 5.88. The Balaban J connectivity index is 2.95. The first-order valence-corrected chi connectivity index (χ1v) is 4.50. The summed E-state index contributed by atoms with van der Waals surface area (Å²) in [5, 5.41) is 8.75. The molecule has 5 nitrogen and oxygen atoms in total. The summed E-state index contributed by atoms with van der Waals surface area (Å²) in [5.41, 5.74) is 11.6. The van der Waals surface area contributed by atoms with E-state index in [1.807, 2.05) is 6.08 Å². The van der Waals surface area contributed by atoms with Gasteiger partial charge in [-0.05, 0) is 19.0 Å². The normalized spacial score (nSPS) is 10.7. The van der Waals surface area contributed by atoms with E-state index in [0.29, 0.717) is 17.9 Å². The lowest BCUT2D eigenvalue weighted by Crippen LogP contribution is -2.01. The SMILES string of the molecule is NCCC=Cc1cc(C(=O)O)cnc1N. The molecule has 0 atom stereocenters. The first-order valence-electron chi connectivity index (χ1n) is 4.50. The van der Waals surface area contributed by atoms with E-state index >= 15 is 0 Å². The Bertz CT molecular complexity index is 388. The van der Waals surface area contributed by atoms with Gasteiger partial charge in [0.05, 0.1) is 5.56 Å². The first-order chi connectivity index (χ1) is 7.15. The van der Waals surface area contributed by atoms with Gasteiger partial charge < -0.3 is 16.6 Å². The van der Waals surface area contributed by atoms with Crippen molar-refractivity contribution in [3.8, 4) is 0 Å². The fraction of sp³-hybridized carbons (Fsp3) is 0.200. The predicted molar refractivity (Wildman–Crippen MR) is 58.3 cm³/mol. The fourth-order valence-electron chi connectivity index (χ4n) is 1.05. The van der Waals surface area contributed by atoms with Gasteiger partial charge in [0.25, 0.3) is 0 Å². The molecule has 0 fully saturated rings. The molecule has 1 aromatic rings. The molecule has 1 heterocycles. The Morgan fingerprint density at radius 2 is 2.33 bits per heavy atom. The maximum absolute atomic E-state index is 10.7. The van der Waals surface area contributed by atoms with Crippen LogP contribution in [0.15, 0.2) is 18.3 Å². The minimum atomic E-state index is -1.02. The molecule has 0 saturated carbocycles. The van der Waals surface area contributed by atoms with Crippen molar-refractivity contribution in [2.24, 2.45) is 5.73 Å². The standard InChI is InChI=1S/C10H13N3O2/c11-4-2-1-3-7-5-8(10(14)15)6-13-9(7)12/h1,3,5-6H,2,4,11H2,(H2,12,13)(H,14,15). The summed E-state index contributed by atoms with van der Waals surface area (Å²) in [6.45, 7) is 0.544. The zero-order valence-corrected chi connectivity index (χ0v) is 8.18. The molecule has 1 aromatic heterocycles. The van der Waals surface area contributed by atoms with Crippen LogP contribution in [0.5, 0.6) is 0 Å². The number of pyridine rings is 1. The van der Waals surface area contributed by atoms with Gasteiger partial charge in [-0.1, -0.05) is 12.2 Å². The lowest BCUT2D eigenvalue weighted by atomic mass is 10.1. The van der Waals surface area contributed by atoms with Gasteiger partial charge in [0, 0.05) is 11.8 Å². The van der Waals surface area contributed by atoms with Gasteiger partial charge in [-0.15, -0.1) is 0 Å². The molecule has 0 aliphatic carbocycles. The van der Waals surface area contributed by atoms with Gasteiger partial charge in [0.1, 0.15) is 5.82 Å². The summed E-state index contributed by atoms with van der Waals surface area (Å²) in [5.74, 6) is -0.704. The lowest BCUT2D eigenvalue weighted by molar-refractivity contribution is 0.0696. The molecule has 0 unspecified atom stereocenters. The van der Waals surface area contributed by atoms with E-state index in [-0.39, 0.29) is 5.56 Å². The minimum absolute atomic E-state index is 0.122. The van der Waals surface area contributed by atoms with Crippen molar-refractivity contribution in [3.63, 3.8) is 0 Å². The monoisotopic (exact) mass is 207 g/mol. The van der Waals surface area contributed by atoms with Gasteiger partial charge in [-0.3, -0.25) is 0 Å². The third kappa shape index (κ3) is 3.07. The topological polar surface area (TPSA) is 102 Å². The zero-order valence-electron chi connectivity index (χ0n) is 8.18. The molecule has 1 rings (SSSR count). The second kappa shape index (κ2) is 5.11. The number of carbonyl (C=O) groups is 1. The van der Waals surface area contributed by atoms with Crippen LogP contribution in [0.4, 0.5) is 5.82 Å². The summed E-state index contributed by atoms with van der Waals surface area (Å²) < 4.78 is 0. The van der Waals surface area contributed by atoms with Crippen molar-refractivity contribution in [2.75, 3.05) is 12.3 Å². The van der Waals surface area contributed by atoms with Crippen molar-refractivity contribution >= 4 is 17.9 Å². The van der Waals surface area contributed by atoms with Crippen LogP contribution in [0.25, 0.3) is 6.08 Å². The number of nitrogens with zero attached hydrogens (tertiary/aromatic N) is 1. The molecule has 0 aliphatic rings. The summed E-state index contributed by atoms with van der Waals surface area (Å²) in [6.07, 6.45) is 5.51. The molecule has 80 valence electrons. The summed E-state index contributed by atoms with van der Waals surface area (Å²) >= 11 is 0. The van der Waals surface area contributed by atoms with Crippen LogP contribution >= 0.6 is 0 Å². The van der Waals surface area contributed by atoms with Gasteiger partial charge in [-0.2, -0.15) is 0 Å². The fourth-order valence-corrected chi connectivity index (χ4v) is 1.05. The number of carboxylic acids is 1. The molecule has 5 N–H and O–H groups in total. The average Bonchev–Trinajstić information content (AvgIpc) is 2.20. The van der Waals surface area contributed by atoms with E-state index in [4.69, 9.17) is 16.6 Å². The molecule has 15 heavy (non-hydrogen) atoms. The third-order valence-corrected chi connectivity index (χ3v) is 1.83. The van der Waals surface area contributed by atoms with Gasteiger partial charge in [-0.25, -0.2) is 9.78 Å². The van der Waals surface area contributed by atoms with Crippen molar-refractivity contribution in [1.82, 2.24) is 4.98 Å². The van der Waals surface area contributed by atoms with Gasteiger partial charge >= 0.3 is 5.97 Å². The highest BCUT2D eigenvalue weighted by atomic mass is 16.4. The molecule has 0 saturated heterocycles. The summed E-state index contributed by atoms with van der Waals surface area (Å²) in [4.78, 5) is 14.5. The summed E-state index contributed by atoms with van der Waals surface area (Å²) in [6, 6.07) is 1.48. The Hall–Kier alpha value is -1.88. The van der Waals surface area contributed by atoms with Crippen LogP contribution in [0.1, 0.15) is 22.3 Å². The van der Waals surface area contributed by atoms with E-state index in [9.17, 15) is 4.79 Å². The van der Waals surface area contributed by atoms with Crippen LogP contribution in [0.2, 0.25) is 0 Å². The van der Waals surface area contributed by atoms with E-state index < -0.39 is 5.97 Å². The van der Waals surface area contributed by atoms with Crippen molar-refractivity contribution in [2.45, 2.75) is 6.42 Å². The molecule has 0 spiro atoms. The Kier molecular flexibility index (Phi) is 3.82. The molecule has 0 aromatic carbocycles. The molecule has 5 heteroatoms. The van der Waals surface area contributed by atoms with E-state index in [1.54, 1.807) is 6.08 Å². The number of hydrogen-bond donors (Lipinski definition) is 3. The molecule has 0 aliphatic heterocycles. The highest BCUT2D eigenvalue weighted by Gasteiger charge is 2.05. The number of hydrogen-bond acceptors (Lipinski definition) is 4. The quantitative estimate of drug-likeness (QED) is 0.675. The number of carboxylic acid groups (broad SMARTS) is 1. The van der Waals surface area contributed by atoms with Crippen molar-refractivity contribution in [3.05, 3.63) is 29.5 Å². The zero-order chi connectivity index (χ0) is 11.3. The number of nitrogens with two attached hydrogens (primary N) is 2. The van der Waals surface area contributed by atoms with Crippen LogP contribution in [0.3, 0.4) is 0 Å². The second-order valence-electron chi connectivity index (χ2n) is 2.98. The molecule has 0 amide bonds. The minimum Gasteiger partial charge on any atom is -0.478 e. The first kappa shape index (κ1) is 11.2. The largest absolute Gasteiger partial charge is 0.478 e. The number of anilines is 1. The highest BCUT2D eigenvalue weighted by Crippen LogP contribution is 2.13. The number of aromatic carboxylic acids is 1. The number of aromatic nitrogens is 1. The molecule has 0 radical (unpaired) electrons. The van der Waals surface area contributed by atoms with Crippen LogP contribution in [0, 0.1) is 0 Å². The van der Waals surface area contributed by atoms with Crippen LogP contribution < -0.4 is 11.5 Å². The maximum atomic E-state index is 10.7. The molecular weight excluding hydrogens is 194 g/mol. The molecule has 0 bridgehead atoms. The van der Waals surface area contributed by atoms with Crippen molar-refractivity contribution < 1.29 is 9.90 Å². The summed E-state index contributed by atoms with van der Waals surface area (Å²) in [7, 11) is 0. The Labute approximate surface area is 87.4 Å². The van der Waals surface area contributed by atoms with Crippen LogP contribution in [-0.4, -0.2) is 22.6 Å². The van der Waals surface area contributed by atoms with Gasteiger partial charge in [0.2, 0.25) is 0 Å². The second-order valence-corrected chi connectivity index (χ2v) is 2.98. The van der Waals surface area contributed by atoms with Gasteiger partial charge in [0.15, 0.2) is 0 Å². The smallest absolute Gasteiger partial charge is 0.337 e. The predicted octanol–water partition coefficient (Wildman–Crippen LogP) is 0.724. The third-order valence-electron chi connectivity index (χ3n) is 1.83. The molecular formula is C10H13N3O2. The van der Waals surface area contributed by atoms with Crippen molar-refractivity contribution in [1.29, 1.82) is 0 Å². The van der Waals surface area contributed by atoms with E-state index in [2.05, 4.69) is 4.98 Å². The van der Waals surface area contributed by atoms with E-state index in [0.717, 1.165) is 6.42 Å². The number of rotatable bonds is 4. The Morgan fingerprint density at radius 1 is 1.60 bits per heavy atom. The maximum Gasteiger partial charge on any atom is 0.337 e. The lowest BCUT2D eigenvalue weighted by Gasteiger charge is -2.00. The van der Waals surface area contributed by atoms with Crippen LogP contribution in [-0.2, 0) is 0 Å². The Morgan fingerprint density at radius 3 is 2.93 bits per heavy atom.